The lowest BCUT2D eigenvalue weighted by molar-refractivity contribution is -0.150. The number of carbonyl (C=O) groups is 1. The summed E-state index contributed by atoms with van der Waals surface area (Å²) in [4.78, 5) is 12.1. The number of hydrogen-bond acceptors (Lipinski definition) is 5. The molecule has 1 aromatic rings. The molecule has 1 aliphatic rings. The Balaban J connectivity index is 2.22. The van der Waals surface area contributed by atoms with Crippen LogP contribution >= 0.6 is 10.7 Å². The zero-order valence-corrected chi connectivity index (χ0v) is 13.4. The van der Waals surface area contributed by atoms with Gasteiger partial charge in [-0.3, -0.25) is 4.79 Å². The molecule has 5 nitrogen and oxygen atoms in total. The van der Waals surface area contributed by atoms with Crippen LogP contribution in [-0.2, 0) is 18.6 Å². The van der Waals surface area contributed by atoms with Gasteiger partial charge in [0.1, 0.15) is 18.3 Å². The van der Waals surface area contributed by atoms with E-state index in [0.29, 0.717) is 11.3 Å². The van der Waals surface area contributed by atoms with Crippen LogP contribution in [0.4, 0.5) is 0 Å². The van der Waals surface area contributed by atoms with Crippen molar-refractivity contribution in [3.8, 4) is 5.75 Å². The van der Waals surface area contributed by atoms with E-state index >= 15 is 0 Å². The lowest BCUT2D eigenvalue weighted by atomic mass is 10.0. The van der Waals surface area contributed by atoms with E-state index in [1.54, 1.807) is 0 Å². The van der Waals surface area contributed by atoms with Crippen LogP contribution in [0, 0.1) is 0 Å². The van der Waals surface area contributed by atoms with Crippen molar-refractivity contribution in [2.45, 2.75) is 43.6 Å². The Morgan fingerprint density at radius 2 is 2.24 bits per heavy atom. The van der Waals surface area contributed by atoms with Crippen LogP contribution in [0.3, 0.4) is 0 Å². The molecule has 0 aliphatic carbocycles. The van der Waals surface area contributed by atoms with Gasteiger partial charge in [-0.25, -0.2) is 8.42 Å². The van der Waals surface area contributed by atoms with E-state index in [0.717, 1.165) is 12.8 Å². The monoisotopic (exact) mass is 332 g/mol. The number of hydrogen-bond donors (Lipinski definition) is 0. The van der Waals surface area contributed by atoms with E-state index in [1.165, 1.54) is 18.2 Å². The standard InChI is InChI=1S/C14H17ClO5S/c1-3-4-9(2)20-14(16)12-8-19-13-6-5-10(7-11(12)13)21(15,17)18/h5-7,9,12H,3-4,8H2,1-2H3. The maximum Gasteiger partial charge on any atom is 0.317 e. The summed E-state index contributed by atoms with van der Waals surface area (Å²) in [7, 11) is 1.49. The fourth-order valence-electron chi connectivity index (χ4n) is 2.29. The van der Waals surface area contributed by atoms with Gasteiger partial charge >= 0.3 is 5.97 Å². The van der Waals surface area contributed by atoms with Crippen molar-refractivity contribution in [1.29, 1.82) is 0 Å². The van der Waals surface area contributed by atoms with Gasteiger partial charge in [-0.15, -0.1) is 0 Å². The molecule has 0 aromatic heterocycles. The minimum Gasteiger partial charge on any atom is -0.492 e. The van der Waals surface area contributed by atoms with E-state index in [-0.39, 0.29) is 17.6 Å². The van der Waals surface area contributed by atoms with Crippen LogP contribution in [0.15, 0.2) is 23.1 Å². The summed E-state index contributed by atoms with van der Waals surface area (Å²) >= 11 is 0. The SMILES string of the molecule is CCCC(C)OC(=O)C1COc2ccc(S(=O)(=O)Cl)cc21. The zero-order valence-electron chi connectivity index (χ0n) is 11.8. The van der Waals surface area contributed by atoms with Gasteiger partial charge in [-0.2, -0.15) is 0 Å². The summed E-state index contributed by atoms with van der Waals surface area (Å²) in [5.41, 5.74) is 0.505. The zero-order chi connectivity index (χ0) is 15.6. The Bertz CT molecular complexity index is 641. The molecular weight excluding hydrogens is 316 g/mol. The Labute approximate surface area is 128 Å². The number of fused-ring (bicyclic) bond motifs is 1. The van der Waals surface area contributed by atoms with Gasteiger partial charge in [0, 0.05) is 16.2 Å². The molecule has 1 aromatic carbocycles. The molecule has 21 heavy (non-hydrogen) atoms. The number of esters is 1. The second-order valence-electron chi connectivity index (χ2n) is 5.04. The Kier molecular flexibility index (Phi) is 4.78. The van der Waals surface area contributed by atoms with Crippen molar-refractivity contribution in [1.82, 2.24) is 0 Å². The summed E-state index contributed by atoms with van der Waals surface area (Å²) < 4.78 is 33.5. The highest BCUT2D eigenvalue weighted by Crippen LogP contribution is 2.37. The lowest BCUT2D eigenvalue weighted by Crippen LogP contribution is -2.22. The summed E-state index contributed by atoms with van der Waals surface area (Å²) in [5.74, 6) is -0.527. The average molecular weight is 333 g/mol. The van der Waals surface area contributed by atoms with Crippen LogP contribution in [0.25, 0.3) is 0 Å². The molecule has 2 unspecified atom stereocenters. The molecule has 0 N–H and O–H groups in total. The molecule has 1 heterocycles. The third-order valence-corrected chi connectivity index (χ3v) is 4.69. The van der Waals surface area contributed by atoms with E-state index in [9.17, 15) is 13.2 Å². The highest BCUT2D eigenvalue weighted by molar-refractivity contribution is 8.13. The number of carbonyl (C=O) groups excluding carboxylic acids is 1. The summed E-state index contributed by atoms with van der Waals surface area (Å²) in [6.45, 7) is 3.99. The second kappa shape index (κ2) is 6.23. The summed E-state index contributed by atoms with van der Waals surface area (Å²) in [6.07, 6.45) is 1.52. The normalized spacial score (nSPS) is 18.7. The fourth-order valence-corrected chi connectivity index (χ4v) is 3.07. The van der Waals surface area contributed by atoms with E-state index in [2.05, 4.69) is 0 Å². The van der Waals surface area contributed by atoms with Crippen molar-refractivity contribution in [2.75, 3.05) is 6.61 Å². The molecule has 0 amide bonds. The maximum atomic E-state index is 12.2. The lowest BCUT2D eigenvalue weighted by Gasteiger charge is -2.15. The molecule has 2 rings (SSSR count). The quantitative estimate of drug-likeness (QED) is 0.612. The van der Waals surface area contributed by atoms with Gasteiger partial charge in [-0.1, -0.05) is 13.3 Å². The number of halogens is 1. The van der Waals surface area contributed by atoms with Crippen molar-refractivity contribution < 1.29 is 22.7 Å². The topological polar surface area (TPSA) is 69.7 Å². The number of ether oxygens (including phenoxy) is 2. The Morgan fingerprint density at radius 1 is 1.52 bits per heavy atom. The summed E-state index contributed by atoms with van der Waals surface area (Å²) in [5, 5.41) is 0. The van der Waals surface area contributed by atoms with Crippen molar-refractivity contribution in [2.24, 2.45) is 0 Å². The van der Waals surface area contributed by atoms with Crippen LogP contribution < -0.4 is 4.74 Å². The first-order valence-electron chi connectivity index (χ1n) is 6.74. The van der Waals surface area contributed by atoms with Crippen LogP contribution in [0.2, 0.25) is 0 Å². The predicted molar refractivity (Wildman–Crippen MR) is 78.2 cm³/mol. The van der Waals surface area contributed by atoms with Gasteiger partial charge in [-0.05, 0) is 31.5 Å². The van der Waals surface area contributed by atoms with Crippen LogP contribution in [0.1, 0.15) is 38.2 Å². The molecule has 0 fully saturated rings. The van der Waals surface area contributed by atoms with E-state index in [1.807, 2.05) is 13.8 Å². The molecular formula is C14H17ClO5S. The first-order chi connectivity index (χ1) is 9.82. The van der Waals surface area contributed by atoms with Gasteiger partial charge in [0.05, 0.1) is 11.0 Å². The Hall–Kier alpha value is -1.27. The van der Waals surface area contributed by atoms with Crippen LogP contribution in [0.5, 0.6) is 5.75 Å². The maximum absolute atomic E-state index is 12.2. The average Bonchev–Trinajstić information content (AvgIpc) is 2.80. The minimum absolute atomic E-state index is 0.0483. The minimum atomic E-state index is -3.84. The van der Waals surface area contributed by atoms with Crippen molar-refractivity contribution >= 4 is 25.7 Å². The molecule has 0 saturated carbocycles. The molecule has 0 bridgehead atoms. The highest BCUT2D eigenvalue weighted by atomic mass is 35.7. The molecule has 2 atom stereocenters. The first-order valence-corrected chi connectivity index (χ1v) is 9.05. The molecule has 0 saturated heterocycles. The van der Waals surface area contributed by atoms with Gasteiger partial charge < -0.3 is 9.47 Å². The molecule has 116 valence electrons. The second-order valence-corrected chi connectivity index (χ2v) is 7.60. The van der Waals surface area contributed by atoms with Gasteiger partial charge in [0.25, 0.3) is 9.05 Å². The van der Waals surface area contributed by atoms with E-state index in [4.69, 9.17) is 20.2 Å². The smallest absolute Gasteiger partial charge is 0.317 e. The number of benzene rings is 1. The number of rotatable bonds is 5. The summed E-state index contributed by atoms with van der Waals surface area (Å²) in [6, 6.07) is 4.24. The molecule has 0 radical (unpaired) electrons. The highest BCUT2D eigenvalue weighted by Gasteiger charge is 2.33. The van der Waals surface area contributed by atoms with Gasteiger partial charge in [0.2, 0.25) is 0 Å². The third-order valence-electron chi connectivity index (χ3n) is 3.34. The van der Waals surface area contributed by atoms with Crippen LogP contribution in [-0.4, -0.2) is 27.1 Å². The fraction of sp³-hybridized carbons (Fsp3) is 0.500. The van der Waals surface area contributed by atoms with Crippen molar-refractivity contribution in [3.63, 3.8) is 0 Å². The molecule has 0 spiro atoms. The Morgan fingerprint density at radius 3 is 2.86 bits per heavy atom. The molecule has 7 heteroatoms. The third kappa shape index (κ3) is 3.68. The van der Waals surface area contributed by atoms with Crippen molar-refractivity contribution in [3.05, 3.63) is 23.8 Å². The first kappa shape index (κ1) is 16.1. The largest absolute Gasteiger partial charge is 0.492 e. The molecule has 1 aliphatic heterocycles. The predicted octanol–water partition coefficient (Wildman–Crippen LogP) is 2.82. The van der Waals surface area contributed by atoms with Gasteiger partial charge in [0.15, 0.2) is 0 Å². The van der Waals surface area contributed by atoms with E-state index < -0.39 is 20.9 Å².